The van der Waals surface area contributed by atoms with Gasteiger partial charge in [0.25, 0.3) is 0 Å². The molecule has 1 rings (SSSR count). The van der Waals surface area contributed by atoms with Crippen LogP contribution in [0.25, 0.3) is 0 Å². The Labute approximate surface area is 78.8 Å². The van der Waals surface area contributed by atoms with Crippen LogP contribution in [0.4, 0.5) is 0 Å². The minimum Gasteiger partial charge on any atom is -0.402 e. The highest BCUT2D eigenvalue weighted by molar-refractivity contribution is 5.82. The molecule has 1 amide bonds. The van der Waals surface area contributed by atoms with Gasteiger partial charge in [0.2, 0.25) is 5.91 Å². The summed E-state index contributed by atoms with van der Waals surface area (Å²) in [5.74, 6) is 0.109. The molecule has 0 radical (unpaired) electrons. The van der Waals surface area contributed by atoms with Gasteiger partial charge in [-0.25, -0.2) is 0 Å². The van der Waals surface area contributed by atoms with Gasteiger partial charge >= 0.3 is 0 Å². The molecule has 0 heterocycles. The second-order valence-corrected chi connectivity index (χ2v) is 3.65. The van der Waals surface area contributed by atoms with Crippen LogP contribution in [0.15, 0.2) is 11.8 Å². The van der Waals surface area contributed by atoms with Crippen LogP contribution in [0.2, 0.25) is 0 Å². The van der Waals surface area contributed by atoms with Gasteiger partial charge in [-0.2, -0.15) is 0 Å². The van der Waals surface area contributed by atoms with Crippen molar-refractivity contribution in [2.24, 2.45) is 11.7 Å². The summed E-state index contributed by atoms with van der Waals surface area (Å²) in [6.45, 7) is 1.58. The number of nitrogens with one attached hydrogen (secondary N) is 1. The molecule has 4 heteroatoms. The van der Waals surface area contributed by atoms with Crippen LogP contribution in [0.1, 0.15) is 6.42 Å². The van der Waals surface area contributed by atoms with Crippen LogP contribution in [-0.4, -0.2) is 38.0 Å². The lowest BCUT2D eigenvalue weighted by atomic mass is 9.91. The quantitative estimate of drug-likeness (QED) is 0.619. The van der Waals surface area contributed by atoms with Crippen molar-refractivity contribution in [2.75, 3.05) is 27.2 Å². The molecule has 13 heavy (non-hydrogen) atoms. The first-order valence-corrected chi connectivity index (χ1v) is 4.48. The maximum absolute atomic E-state index is 11.3. The number of amides is 1. The smallest absolute Gasteiger partial charge is 0.227 e. The van der Waals surface area contributed by atoms with Gasteiger partial charge < -0.3 is 16.0 Å². The molecular weight excluding hydrogens is 166 g/mol. The van der Waals surface area contributed by atoms with Crippen LogP contribution in [0.5, 0.6) is 0 Å². The van der Waals surface area contributed by atoms with Gasteiger partial charge in [-0.15, -0.1) is 0 Å². The van der Waals surface area contributed by atoms with Gasteiger partial charge in [0.1, 0.15) is 0 Å². The molecule has 74 valence electrons. The fraction of sp³-hybridized carbons (Fsp3) is 0.667. The number of allylic oxidation sites excluding steroid dienone is 1. The molecule has 0 saturated heterocycles. The van der Waals surface area contributed by atoms with Crippen LogP contribution in [0, 0.1) is 5.92 Å². The summed E-state index contributed by atoms with van der Waals surface area (Å²) in [6, 6.07) is 0. The van der Waals surface area contributed by atoms with Gasteiger partial charge in [0.05, 0.1) is 5.92 Å². The lowest BCUT2D eigenvalue weighted by Gasteiger charge is -2.21. The summed E-state index contributed by atoms with van der Waals surface area (Å²) in [4.78, 5) is 13.4. The van der Waals surface area contributed by atoms with Crippen molar-refractivity contribution >= 4 is 5.91 Å². The number of carbonyl (C=O) groups excluding carboxylic acids is 1. The Morgan fingerprint density at radius 3 is 2.85 bits per heavy atom. The van der Waals surface area contributed by atoms with Gasteiger partial charge in [-0.05, 0) is 14.1 Å². The number of rotatable bonds is 4. The van der Waals surface area contributed by atoms with Crippen LogP contribution < -0.4 is 11.1 Å². The molecule has 1 aliphatic carbocycles. The van der Waals surface area contributed by atoms with Crippen molar-refractivity contribution in [1.82, 2.24) is 10.2 Å². The first-order valence-electron chi connectivity index (χ1n) is 4.48. The number of likely N-dealkylation sites (N-methyl/N-ethyl adjacent to an activating group) is 1. The third-order valence-electron chi connectivity index (χ3n) is 2.07. The highest BCUT2D eigenvalue weighted by atomic mass is 16.1. The minimum absolute atomic E-state index is 0.0159. The van der Waals surface area contributed by atoms with Crippen LogP contribution >= 0.6 is 0 Å². The second kappa shape index (κ2) is 4.28. The second-order valence-electron chi connectivity index (χ2n) is 3.65. The van der Waals surface area contributed by atoms with E-state index in [2.05, 4.69) is 5.32 Å². The Morgan fingerprint density at radius 2 is 2.38 bits per heavy atom. The molecule has 0 unspecified atom stereocenters. The number of nitrogens with two attached hydrogens (primary N) is 1. The average Bonchev–Trinajstić information content (AvgIpc) is 1.97. The number of nitrogens with zero attached hydrogens (tertiary/aromatic N) is 1. The third kappa shape index (κ3) is 3.06. The summed E-state index contributed by atoms with van der Waals surface area (Å²) in [7, 11) is 3.96. The highest BCUT2D eigenvalue weighted by Gasteiger charge is 2.23. The molecule has 0 aromatic rings. The Kier molecular flexibility index (Phi) is 3.31. The molecule has 1 atom stereocenters. The highest BCUT2D eigenvalue weighted by Crippen LogP contribution is 2.21. The predicted molar refractivity (Wildman–Crippen MR) is 51.9 cm³/mol. The van der Waals surface area contributed by atoms with E-state index in [1.165, 1.54) is 0 Å². The van der Waals surface area contributed by atoms with Crippen LogP contribution in [-0.2, 0) is 4.79 Å². The van der Waals surface area contributed by atoms with Crippen LogP contribution in [0.3, 0.4) is 0 Å². The largest absolute Gasteiger partial charge is 0.402 e. The fourth-order valence-electron chi connectivity index (χ4n) is 1.18. The molecule has 0 spiro atoms. The van der Waals surface area contributed by atoms with Gasteiger partial charge in [-0.3, -0.25) is 4.79 Å². The van der Waals surface area contributed by atoms with Crippen molar-refractivity contribution in [3.8, 4) is 0 Å². The summed E-state index contributed by atoms with van der Waals surface area (Å²) < 4.78 is 0. The van der Waals surface area contributed by atoms with E-state index in [0.717, 1.165) is 12.2 Å². The van der Waals surface area contributed by atoms with Gasteiger partial charge in [0, 0.05) is 25.2 Å². The lowest BCUT2D eigenvalue weighted by Crippen LogP contribution is -2.38. The Hall–Kier alpha value is -1.03. The summed E-state index contributed by atoms with van der Waals surface area (Å²) in [6.07, 6.45) is 2.53. The van der Waals surface area contributed by atoms with Gasteiger partial charge in [0.15, 0.2) is 0 Å². The van der Waals surface area contributed by atoms with E-state index in [-0.39, 0.29) is 11.8 Å². The van der Waals surface area contributed by atoms with Gasteiger partial charge in [-0.1, -0.05) is 6.08 Å². The summed E-state index contributed by atoms with van der Waals surface area (Å²) >= 11 is 0. The van der Waals surface area contributed by atoms with E-state index in [1.54, 1.807) is 0 Å². The summed E-state index contributed by atoms with van der Waals surface area (Å²) in [5.41, 5.74) is 6.28. The van der Waals surface area contributed by atoms with E-state index in [4.69, 9.17) is 5.73 Å². The fourth-order valence-corrected chi connectivity index (χ4v) is 1.18. The standard InChI is InChI=1S/C9H17N3O/c1-12(2)4-3-11-9(13)7-5-8(10)6-7/h5,7H,3-4,6,10H2,1-2H3,(H,11,13)/t7-/m1/s1. The van der Waals surface area contributed by atoms with E-state index < -0.39 is 0 Å². The molecule has 0 bridgehead atoms. The molecule has 0 aromatic heterocycles. The predicted octanol–water partition coefficient (Wildman–Crippen LogP) is -0.473. The zero-order valence-corrected chi connectivity index (χ0v) is 8.21. The Balaban J connectivity index is 2.13. The SMILES string of the molecule is CN(C)CCNC(=O)[C@@H]1C=C(N)C1. The molecule has 0 aliphatic heterocycles. The molecule has 0 aromatic carbocycles. The maximum atomic E-state index is 11.3. The molecular formula is C9H17N3O. The zero-order chi connectivity index (χ0) is 9.84. The molecule has 3 N–H and O–H groups in total. The number of carbonyl (C=O) groups is 1. The molecule has 1 aliphatic rings. The molecule has 4 nitrogen and oxygen atoms in total. The number of hydrogen-bond donors (Lipinski definition) is 2. The van der Waals surface area contributed by atoms with Crippen molar-refractivity contribution in [3.05, 3.63) is 11.8 Å². The zero-order valence-electron chi connectivity index (χ0n) is 8.21. The first kappa shape index (κ1) is 10.1. The van der Waals surface area contributed by atoms with E-state index in [1.807, 2.05) is 25.1 Å². The van der Waals surface area contributed by atoms with E-state index in [9.17, 15) is 4.79 Å². The van der Waals surface area contributed by atoms with Crippen molar-refractivity contribution in [3.63, 3.8) is 0 Å². The van der Waals surface area contributed by atoms with Crippen molar-refractivity contribution in [2.45, 2.75) is 6.42 Å². The van der Waals surface area contributed by atoms with E-state index in [0.29, 0.717) is 13.0 Å². The number of hydrogen-bond acceptors (Lipinski definition) is 3. The average molecular weight is 183 g/mol. The first-order chi connectivity index (χ1) is 6.09. The van der Waals surface area contributed by atoms with Crippen molar-refractivity contribution in [1.29, 1.82) is 0 Å². The molecule has 0 saturated carbocycles. The summed E-state index contributed by atoms with van der Waals surface area (Å²) in [5, 5.41) is 2.86. The normalized spacial score (nSPS) is 20.8. The monoisotopic (exact) mass is 183 g/mol. The minimum atomic E-state index is 0.0159. The van der Waals surface area contributed by atoms with E-state index >= 15 is 0 Å². The topological polar surface area (TPSA) is 58.4 Å². The third-order valence-corrected chi connectivity index (χ3v) is 2.07. The Bertz CT molecular complexity index is 223. The maximum Gasteiger partial charge on any atom is 0.227 e. The van der Waals surface area contributed by atoms with Crippen molar-refractivity contribution < 1.29 is 4.79 Å². The Morgan fingerprint density at radius 1 is 1.77 bits per heavy atom. The molecule has 0 fully saturated rings. The lowest BCUT2D eigenvalue weighted by molar-refractivity contribution is -0.124.